The number of allylic oxidation sites excluding steroid dienone is 6. The van der Waals surface area contributed by atoms with Gasteiger partial charge in [-0.3, -0.25) is 4.79 Å². The lowest BCUT2D eigenvalue weighted by Crippen LogP contribution is -2.33. The maximum Gasteiger partial charge on any atom is 0.185 e. The molecule has 0 aliphatic heterocycles. The van der Waals surface area contributed by atoms with E-state index in [1.54, 1.807) is 0 Å². The van der Waals surface area contributed by atoms with E-state index >= 15 is 0 Å². The van der Waals surface area contributed by atoms with Crippen LogP contribution in [0.1, 0.15) is 47.5 Å². The maximum absolute atomic E-state index is 12.7. The molecule has 0 aromatic rings. The van der Waals surface area contributed by atoms with Crippen molar-refractivity contribution in [1.82, 2.24) is 0 Å². The molecule has 3 rings (SSSR count). The third-order valence-electron chi connectivity index (χ3n) is 5.90. The number of Topliss-reactive ketones (excluding diaryl/α,β-unsaturated/α-hetero) is 1. The SMILES string of the molecule is CC1=C(C)CC2C(=C1)C(=O)C1=CC(C)C(C)CC12C. The van der Waals surface area contributed by atoms with Crippen LogP contribution < -0.4 is 0 Å². The quantitative estimate of drug-likeness (QED) is 0.625. The highest BCUT2D eigenvalue weighted by Gasteiger charge is 2.53. The Morgan fingerprint density at radius 2 is 1.95 bits per heavy atom. The largest absolute Gasteiger partial charge is 0.289 e. The van der Waals surface area contributed by atoms with Crippen molar-refractivity contribution in [3.63, 3.8) is 0 Å². The molecule has 0 heterocycles. The molecule has 1 fully saturated rings. The number of rotatable bonds is 0. The van der Waals surface area contributed by atoms with Gasteiger partial charge in [-0.2, -0.15) is 0 Å². The van der Waals surface area contributed by atoms with Crippen LogP contribution in [0.2, 0.25) is 0 Å². The molecule has 1 heteroatoms. The third-order valence-corrected chi connectivity index (χ3v) is 5.90. The lowest BCUT2D eigenvalue weighted by Gasteiger charge is -2.40. The summed E-state index contributed by atoms with van der Waals surface area (Å²) in [4.78, 5) is 12.7. The molecule has 1 saturated carbocycles. The molecule has 102 valence electrons. The molecule has 0 aromatic heterocycles. The minimum atomic E-state index is 0.0802. The summed E-state index contributed by atoms with van der Waals surface area (Å²) in [6.45, 7) is 11.2. The van der Waals surface area contributed by atoms with Crippen LogP contribution in [-0.4, -0.2) is 5.78 Å². The number of ketones is 1. The van der Waals surface area contributed by atoms with Gasteiger partial charge in [-0.05, 0) is 38.5 Å². The van der Waals surface area contributed by atoms with E-state index in [2.05, 4.69) is 46.8 Å². The van der Waals surface area contributed by atoms with Crippen LogP contribution in [0.15, 0.2) is 34.4 Å². The number of hydrogen-bond donors (Lipinski definition) is 0. The van der Waals surface area contributed by atoms with E-state index in [0.717, 1.165) is 24.0 Å². The molecule has 1 nitrogen and oxygen atoms in total. The average Bonchev–Trinajstić information content (AvgIpc) is 2.53. The fourth-order valence-corrected chi connectivity index (χ4v) is 4.23. The normalized spacial score (nSPS) is 41.7. The Kier molecular flexibility index (Phi) is 2.68. The van der Waals surface area contributed by atoms with Crippen LogP contribution in [0.25, 0.3) is 0 Å². The van der Waals surface area contributed by atoms with Gasteiger partial charge in [0, 0.05) is 22.5 Å². The summed E-state index contributed by atoms with van der Waals surface area (Å²) >= 11 is 0. The average molecular weight is 256 g/mol. The molecule has 3 aliphatic rings. The van der Waals surface area contributed by atoms with Gasteiger partial charge in [-0.1, -0.05) is 44.1 Å². The monoisotopic (exact) mass is 256 g/mol. The van der Waals surface area contributed by atoms with Gasteiger partial charge in [0.2, 0.25) is 0 Å². The maximum atomic E-state index is 12.7. The highest BCUT2D eigenvalue weighted by Crippen LogP contribution is 2.58. The number of hydrogen-bond acceptors (Lipinski definition) is 1. The lowest BCUT2D eigenvalue weighted by molar-refractivity contribution is -0.112. The van der Waals surface area contributed by atoms with E-state index in [0.29, 0.717) is 23.5 Å². The molecule has 0 radical (unpaired) electrons. The second-order valence-electron chi connectivity index (χ2n) is 7.19. The van der Waals surface area contributed by atoms with Gasteiger partial charge in [-0.25, -0.2) is 0 Å². The van der Waals surface area contributed by atoms with E-state index in [9.17, 15) is 4.79 Å². The van der Waals surface area contributed by atoms with Crippen molar-refractivity contribution in [3.8, 4) is 0 Å². The van der Waals surface area contributed by atoms with Crippen molar-refractivity contribution in [3.05, 3.63) is 34.4 Å². The minimum Gasteiger partial charge on any atom is -0.289 e. The van der Waals surface area contributed by atoms with Crippen LogP contribution in [0.5, 0.6) is 0 Å². The van der Waals surface area contributed by atoms with Crippen LogP contribution in [0.4, 0.5) is 0 Å². The van der Waals surface area contributed by atoms with Crippen LogP contribution in [0, 0.1) is 23.2 Å². The molecule has 0 aromatic carbocycles. The van der Waals surface area contributed by atoms with E-state index < -0.39 is 0 Å². The fraction of sp³-hybridized carbons (Fsp3) is 0.611. The molecule has 0 amide bonds. The Morgan fingerprint density at radius 1 is 1.26 bits per heavy atom. The minimum absolute atomic E-state index is 0.0802. The molecule has 3 aliphatic carbocycles. The standard InChI is InChI=1S/C18H24O/c1-10-6-14-15(7-11(10)2)18(5)9-13(4)12(3)8-16(18)17(14)19/h6,8,12-13,15H,7,9H2,1-5H3. The summed E-state index contributed by atoms with van der Waals surface area (Å²) in [6.07, 6.45) is 6.64. The predicted octanol–water partition coefficient (Wildman–Crippen LogP) is 4.46. The molecule has 4 unspecified atom stereocenters. The van der Waals surface area contributed by atoms with Gasteiger partial charge in [0.05, 0.1) is 0 Å². The second kappa shape index (κ2) is 3.94. The van der Waals surface area contributed by atoms with Crippen molar-refractivity contribution in [2.45, 2.75) is 47.5 Å². The number of carbonyl (C=O) groups is 1. The molecule has 0 spiro atoms. The molecule has 0 bridgehead atoms. The zero-order chi connectivity index (χ0) is 13.9. The smallest absolute Gasteiger partial charge is 0.185 e. The Balaban J connectivity index is 2.13. The Labute approximate surface area is 116 Å². The summed E-state index contributed by atoms with van der Waals surface area (Å²) < 4.78 is 0. The van der Waals surface area contributed by atoms with Crippen molar-refractivity contribution in [2.24, 2.45) is 23.2 Å². The molecule has 0 N–H and O–H groups in total. The van der Waals surface area contributed by atoms with E-state index in [1.165, 1.54) is 11.1 Å². The first-order chi connectivity index (χ1) is 8.84. The molecular formula is C18H24O. The van der Waals surface area contributed by atoms with Gasteiger partial charge in [0.25, 0.3) is 0 Å². The predicted molar refractivity (Wildman–Crippen MR) is 78.7 cm³/mol. The van der Waals surface area contributed by atoms with Crippen LogP contribution in [-0.2, 0) is 4.79 Å². The van der Waals surface area contributed by atoms with Crippen LogP contribution in [0.3, 0.4) is 0 Å². The molecule has 0 saturated heterocycles. The molecular weight excluding hydrogens is 232 g/mol. The van der Waals surface area contributed by atoms with Gasteiger partial charge in [0.1, 0.15) is 0 Å². The summed E-state index contributed by atoms with van der Waals surface area (Å²) in [5.41, 5.74) is 5.02. The van der Waals surface area contributed by atoms with E-state index in [-0.39, 0.29) is 5.41 Å². The summed E-state index contributed by atoms with van der Waals surface area (Å²) in [7, 11) is 0. The zero-order valence-electron chi connectivity index (χ0n) is 12.7. The molecule has 4 atom stereocenters. The van der Waals surface area contributed by atoms with Gasteiger partial charge in [-0.15, -0.1) is 0 Å². The van der Waals surface area contributed by atoms with E-state index in [4.69, 9.17) is 0 Å². The Hall–Kier alpha value is -1.11. The first-order valence-corrected chi connectivity index (χ1v) is 7.49. The highest BCUT2D eigenvalue weighted by molar-refractivity contribution is 6.13. The summed E-state index contributed by atoms with van der Waals surface area (Å²) in [5.74, 6) is 1.96. The highest BCUT2D eigenvalue weighted by atomic mass is 16.1. The van der Waals surface area contributed by atoms with Gasteiger partial charge in [0.15, 0.2) is 5.78 Å². The Morgan fingerprint density at radius 3 is 2.63 bits per heavy atom. The Bertz CT molecular complexity index is 546. The van der Waals surface area contributed by atoms with E-state index in [1.807, 2.05) is 0 Å². The van der Waals surface area contributed by atoms with Crippen molar-refractivity contribution < 1.29 is 4.79 Å². The van der Waals surface area contributed by atoms with Crippen molar-refractivity contribution in [2.75, 3.05) is 0 Å². The number of carbonyl (C=O) groups excluding carboxylic acids is 1. The van der Waals surface area contributed by atoms with Gasteiger partial charge < -0.3 is 0 Å². The van der Waals surface area contributed by atoms with Crippen molar-refractivity contribution in [1.29, 1.82) is 0 Å². The zero-order valence-corrected chi connectivity index (χ0v) is 12.7. The fourth-order valence-electron chi connectivity index (χ4n) is 4.23. The van der Waals surface area contributed by atoms with Crippen LogP contribution >= 0.6 is 0 Å². The second-order valence-corrected chi connectivity index (χ2v) is 7.19. The first kappa shape index (κ1) is 12.9. The molecule has 19 heavy (non-hydrogen) atoms. The summed E-state index contributed by atoms with van der Waals surface area (Å²) in [5, 5.41) is 0. The third kappa shape index (κ3) is 1.63. The van der Waals surface area contributed by atoms with Gasteiger partial charge >= 0.3 is 0 Å². The topological polar surface area (TPSA) is 17.1 Å². The van der Waals surface area contributed by atoms with Crippen molar-refractivity contribution >= 4 is 5.78 Å². The number of fused-ring (bicyclic) bond motifs is 3. The first-order valence-electron chi connectivity index (χ1n) is 7.49. The lowest BCUT2D eigenvalue weighted by atomic mass is 9.63. The summed E-state index contributed by atoms with van der Waals surface area (Å²) in [6, 6.07) is 0.